The summed E-state index contributed by atoms with van der Waals surface area (Å²) in [7, 11) is 0. The van der Waals surface area contributed by atoms with Crippen LogP contribution in [0.4, 0.5) is 0 Å². The molecule has 1 nitrogen and oxygen atoms in total. The van der Waals surface area contributed by atoms with E-state index in [0.29, 0.717) is 5.92 Å². The van der Waals surface area contributed by atoms with E-state index in [1.807, 2.05) is 5.51 Å². The van der Waals surface area contributed by atoms with Gasteiger partial charge in [0.15, 0.2) is 0 Å². The highest BCUT2D eigenvalue weighted by Gasteiger charge is 2.13. The lowest BCUT2D eigenvalue weighted by atomic mass is 9.86. The molecule has 0 unspecified atom stereocenters. The van der Waals surface area contributed by atoms with E-state index in [0.717, 1.165) is 11.1 Å². The highest BCUT2D eigenvalue weighted by Crippen LogP contribution is 2.25. The van der Waals surface area contributed by atoms with Gasteiger partial charge in [-0.3, -0.25) is 0 Å². The summed E-state index contributed by atoms with van der Waals surface area (Å²) < 4.78 is 1.24. The van der Waals surface area contributed by atoms with E-state index >= 15 is 0 Å². The van der Waals surface area contributed by atoms with Crippen LogP contribution in [0.15, 0.2) is 23.7 Å². The lowest BCUT2D eigenvalue weighted by Crippen LogP contribution is -2.07. The van der Waals surface area contributed by atoms with Gasteiger partial charge in [-0.25, -0.2) is 4.98 Å². The smallest absolute Gasteiger partial charge is 0.0824 e. The molecule has 0 atom stereocenters. The highest BCUT2D eigenvalue weighted by molar-refractivity contribution is 7.16. The first-order chi connectivity index (χ1) is 7.42. The van der Waals surface area contributed by atoms with Crippen molar-refractivity contribution in [3.05, 3.63) is 29.3 Å². The first-order valence-corrected chi connectivity index (χ1v) is 6.14. The Labute approximate surface area is 93.2 Å². The van der Waals surface area contributed by atoms with Crippen LogP contribution in [0.2, 0.25) is 0 Å². The van der Waals surface area contributed by atoms with Crippen molar-refractivity contribution in [1.82, 2.24) is 4.98 Å². The maximum absolute atomic E-state index is 4.29. The van der Waals surface area contributed by atoms with E-state index in [9.17, 15) is 0 Å². The van der Waals surface area contributed by atoms with E-state index in [1.54, 1.807) is 11.3 Å². The molecule has 1 heterocycles. The van der Waals surface area contributed by atoms with Crippen LogP contribution >= 0.6 is 11.3 Å². The predicted octanol–water partition coefficient (Wildman–Crippen LogP) is 3.45. The Hall–Kier alpha value is -1.33. The molecule has 3 rings (SSSR count). The maximum Gasteiger partial charge on any atom is 0.0824 e. The number of aromatic nitrogens is 1. The molecule has 74 valence electrons. The molecule has 1 fully saturated rings. The van der Waals surface area contributed by atoms with Crippen LogP contribution in [0.1, 0.15) is 24.8 Å². The van der Waals surface area contributed by atoms with Gasteiger partial charge in [-0.15, -0.1) is 11.3 Å². The van der Waals surface area contributed by atoms with Gasteiger partial charge in [0.05, 0.1) is 15.7 Å². The minimum atomic E-state index is 0.649. The Balaban J connectivity index is 1.92. The summed E-state index contributed by atoms with van der Waals surface area (Å²) in [4.78, 5) is 4.29. The zero-order valence-corrected chi connectivity index (χ0v) is 9.18. The van der Waals surface area contributed by atoms with Crippen molar-refractivity contribution in [1.29, 1.82) is 0 Å². The maximum atomic E-state index is 4.29. The standard InChI is InChI=1S/C13H11NS/c1-2-10(3-1)4-5-11-6-7-13-12(8-11)14-9-15-13/h6-10H,1-3H2. The molecule has 1 aromatic carbocycles. The van der Waals surface area contributed by atoms with Crippen LogP contribution in [0, 0.1) is 17.8 Å². The molecule has 2 aromatic rings. The summed E-state index contributed by atoms with van der Waals surface area (Å²) >= 11 is 1.68. The lowest BCUT2D eigenvalue weighted by molar-refractivity contribution is 0.401. The van der Waals surface area contributed by atoms with Crippen molar-refractivity contribution in [2.75, 3.05) is 0 Å². The third-order valence-electron chi connectivity index (χ3n) is 2.86. The molecule has 1 aliphatic rings. The number of hydrogen-bond donors (Lipinski definition) is 0. The minimum absolute atomic E-state index is 0.649. The summed E-state index contributed by atoms with van der Waals surface area (Å²) in [6, 6.07) is 6.28. The summed E-state index contributed by atoms with van der Waals surface area (Å²) in [5, 5.41) is 0. The van der Waals surface area contributed by atoms with Crippen LogP contribution in [0.5, 0.6) is 0 Å². The van der Waals surface area contributed by atoms with Gasteiger partial charge in [0, 0.05) is 11.5 Å². The Morgan fingerprint density at radius 1 is 1.33 bits per heavy atom. The summed E-state index contributed by atoms with van der Waals surface area (Å²) in [6.07, 6.45) is 3.92. The van der Waals surface area contributed by atoms with Crippen molar-refractivity contribution in [2.45, 2.75) is 19.3 Å². The van der Waals surface area contributed by atoms with Gasteiger partial charge in [-0.2, -0.15) is 0 Å². The van der Waals surface area contributed by atoms with Gasteiger partial charge in [-0.1, -0.05) is 18.3 Å². The second kappa shape index (κ2) is 3.67. The average Bonchev–Trinajstić information content (AvgIpc) is 2.62. The average molecular weight is 213 g/mol. The summed E-state index contributed by atoms with van der Waals surface area (Å²) in [5.41, 5.74) is 4.05. The van der Waals surface area contributed by atoms with Crippen LogP contribution in [-0.4, -0.2) is 4.98 Å². The molecule has 0 N–H and O–H groups in total. The summed E-state index contributed by atoms with van der Waals surface area (Å²) in [5.74, 6) is 7.21. The van der Waals surface area contributed by atoms with Crippen molar-refractivity contribution in [2.24, 2.45) is 5.92 Å². The van der Waals surface area contributed by atoms with E-state index < -0.39 is 0 Å². The van der Waals surface area contributed by atoms with Crippen LogP contribution in [-0.2, 0) is 0 Å². The minimum Gasteiger partial charge on any atom is -0.245 e. The molecular weight excluding hydrogens is 202 g/mol. The van der Waals surface area contributed by atoms with Crippen molar-refractivity contribution in [3.63, 3.8) is 0 Å². The zero-order chi connectivity index (χ0) is 10.1. The molecule has 0 bridgehead atoms. The van der Waals surface area contributed by atoms with E-state index in [1.165, 1.54) is 24.0 Å². The number of hydrogen-bond acceptors (Lipinski definition) is 2. The molecular formula is C13H11NS. The second-order valence-corrected chi connectivity index (χ2v) is 4.82. The number of thiazole rings is 1. The highest BCUT2D eigenvalue weighted by atomic mass is 32.1. The first kappa shape index (κ1) is 8.94. The second-order valence-electron chi connectivity index (χ2n) is 3.93. The molecule has 0 radical (unpaired) electrons. The Bertz CT molecular complexity index is 540. The fraction of sp³-hybridized carbons (Fsp3) is 0.308. The van der Waals surface area contributed by atoms with Gasteiger partial charge in [0.1, 0.15) is 0 Å². The number of benzene rings is 1. The number of nitrogens with zero attached hydrogens (tertiary/aromatic N) is 1. The monoisotopic (exact) mass is 213 g/mol. The first-order valence-electron chi connectivity index (χ1n) is 5.26. The SMILES string of the molecule is C(#CC1CCC1)c1ccc2scnc2c1. The Morgan fingerprint density at radius 2 is 2.27 bits per heavy atom. The Kier molecular flexibility index (Phi) is 2.19. The van der Waals surface area contributed by atoms with Crippen LogP contribution < -0.4 is 0 Å². The quantitative estimate of drug-likeness (QED) is 0.611. The molecule has 15 heavy (non-hydrogen) atoms. The topological polar surface area (TPSA) is 12.9 Å². The van der Waals surface area contributed by atoms with Crippen molar-refractivity contribution in [3.8, 4) is 11.8 Å². The van der Waals surface area contributed by atoms with Gasteiger partial charge in [0.25, 0.3) is 0 Å². The molecule has 1 saturated carbocycles. The van der Waals surface area contributed by atoms with Gasteiger partial charge in [0.2, 0.25) is 0 Å². The largest absolute Gasteiger partial charge is 0.245 e. The third kappa shape index (κ3) is 1.75. The van der Waals surface area contributed by atoms with Gasteiger partial charge in [-0.05, 0) is 31.0 Å². The van der Waals surface area contributed by atoms with Crippen molar-refractivity contribution < 1.29 is 0 Å². The molecule has 2 heteroatoms. The van der Waals surface area contributed by atoms with E-state index in [4.69, 9.17) is 0 Å². The zero-order valence-electron chi connectivity index (χ0n) is 8.36. The molecule has 0 spiro atoms. The number of rotatable bonds is 0. The van der Waals surface area contributed by atoms with Crippen molar-refractivity contribution >= 4 is 21.6 Å². The number of fused-ring (bicyclic) bond motifs is 1. The predicted molar refractivity (Wildman–Crippen MR) is 63.8 cm³/mol. The van der Waals surface area contributed by atoms with Gasteiger partial charge < -0.3 is 0 Å². The summed E-state index contributed by atoms with van der Waals surface area (Å²) in [6.45, 7) is 0. The lowest BCUT2D eigenvalue weighted by Gasteiger charge is -2.18. The molecule has 0 amide bonds. The van der Waals surface area contributed by atoms with E-state index in [2.05, 4.69) is 35.0 Å². The third-order valence-corrected chi connectivity index (χ3v) is 3.67. The Morgan fingerprint density at radius 3 is 3.07 bits per heavy atom. The molecule has 0 saturated heterocycles. The van der Waals surface area contributed by atoms with Crippen LogP contribution in [0.25, 0.3) is 10.2 Å². The van der Waals surface area contributed by atoms with E-state index in [-0.39, 0.29) is 0 Å². The fourth-order valence-electron chi connectivity index (χ4n) is 1.67. The normalized spacial score (nSPS) is 15.7. The molecule has 1 aromatic heterocycles. The fourth-order valence-corrected chi connectivity index (χ4v) is 2.33. The van der Waals surface area contributed by atoms with Gasteiger partial charge >= 0.3 is 0 Å². The van der Waals surface area contributed by atoms with Crippen LogP contribution in [0.3, 0.4) is 0 Å². The molecule has 0 aliphatic heterocycles. The molecule has 1 aliphatic carbocycles.